The number of hydrogen-bond acceptors (Lipinski definition) is 3. The lowest BCUT2D eigenvalue weighted by atomic mass is 10.2. The van der Waals surface area contributed by atoms with Crippen LogP contribution in [0.3, 0.4) is 0 Å². The maximum atomic E-state index is 9.61. The van der Waals surface area contributed by atoms with Crippen molar-refractivity contribution in [2.45, 2.75) is 13.0 Å². The van der Waals surface area contributed by atoms with Crippen LogP contribution in [0.15, 0.2) is 30.9 Å². The Balaban J connectivity index is 2.34. The van der Waals surface area contributed by atoms with E-state index in [2.05, 4.69) is 11.9 Å². The highest BCUT2D eigenvalue weighted by Crippen LogP contribution is 2.20. The molecule has 0 aromatic heterocycles. The molecule has 0 radical (unpaired) electrons. The van der Waals surface area contributed by atoms with E-state index in [-0.39, 0.29) is 6.61 Å². The topological polar surface area (TPSA) is 41.5 Å². The van der Waals surface area contributed by atoms with Crippen molar-refractivity contribution in [1.29, 1.82) is 0 Å². The van der Waals surface area contributed by atoms with Gasteiger partial charge in [0.25, 0.3) is 0 Å². The number of benzene rings is 1. The van der Waals surface area contributed by atoms with Crippen molar-refractivity contribution in [2.24, 2.45) is 0 Å². The van der Waals surface area contributed by atoms with Crippen LogP contribution in [0.2, 0.25) is 5.02 Å². The van der Waals surface area contributed by atoms with Gasteiger partial charge in [-0.3, -0.25) is 0 Å². The molecule has 0 spiro atoms. The van der Waals surface area contributed by atoms with Crippen LogP contribution in [-0.4, -0.2) is 30.9 Å². The summed E-state index contributed by atoms with van der Waals surface area (Å²) in [5.74, 6) is 0.717. The van der Waals surface area contributed by atoms with Crippen LogP contribution in [-0.2, 0) is 0 Å². The van der Waals surface area contributed by atoms with Crippen LogP contribution in [0.4, 0.5) is 0 Å². The molecule has 1 rings (SSSR count). The number of rotatable bonds is 7. The fourth-order valence-corrected chi connectivity index (χ4v) is 1.43. The van der Waals surface area contributed by atoms with Crippen molar-refractivity contribution in [2.75, 3.05) is 19.7 Å². The molecule has 17 heavy (non-hydrogen) atoms. The Morgan fingerprint density at radius 1 is 1.59 bits per heavy atom. The van der Waals surface area contributed by atoms with Gasteiger partial charge in [-0.15, -0.1) is 6.58 Å². The summed E-state index contributed by atoms with van der Waals surface area (Å²) in [5.41, 5.74) is 0.962. The van der Waals surface area contributed by atoms with E-state index in [1.165, 1.54) is 0 Å². The standard InChI is InChI=1S/C13H18ClNO2/c1-3-6-15-8-11(16)9-17-12-4-5-13(14)10(2)7-12/h3-5,7,11,15-16H,1,6,8-9H2,2H3. The third-order valence-corrected chi connectivity index (χ3v) is 2.66. The SMILES string of the molecule is C=CCNCC(O)COc1ccc(Cl)c(C)c1. The Bertz CT molecular complexity index is 368. The van der Waals surface area contributed by atoms with Crippen molar-refractivity contribution >= 4 is 11.6 Å². The van der Waals surface area contributed by atoms with Gasteiger partial charge in [0.15, 0.2) is 0 Å². The summed E-state index contributed by atoms with van der Waals surface area (Å²) >= 11 is 5.90. The molecule has 94 valence electrons. The first-order valence-corrected chi connectivity index (χ1v) is 5.90. The minimum absolute atomic E-state index is 0.255. The molecule has 0 heterocycles. The lowest BCUT2D eigenvalue weighted by Crippen LogP contribution is -2.31. The van der Waals surface area contributed by atoms with Gasteiger partial charge in [-0.2, -0.15) is 0 Å². The normalized spacial score (nSPS) is 12.2. The molecule has 0 amide bonds. The number of nitrogens with one attached hydrogen (secondary N) is 1. The number of ether oxygens (including phenoxy) is 1. The second-order valence-corrected chi connectivity index (χ2v) is 4.23. The summed E-state index contributed by atoms with van der Waals surface area (Å²) in [6, 6.07) is 5.43. The third kappa shape index (κ3) is 5.22. The Kier molecular flexibility index (Phi) is 6.05. The number of aliphatic hydroxyl groups is 1. The van der Waals surface area contributed by atoms with Gasteiger partial charge < -0.3 is 15.2 Å². The van der Waals surface area contributed by atoms with E-state index >= 15 is 0 Å². The third-order valence-electron chi connectivity index (χ3n) is 2.24. The van der Waals surface area contributed by atoms with Gasteiger partial charge in [0.1, 0.15) is 18.5 Å². The highest BCUT2D eigenvalue weighted by Gasteiger charge is 2.05. The number of aryl methyl sites for hydroxylation is 1. The second kappa shape index (κ2) is 7.33. The average molecular weight is 256 g/mol. The lowest BCUT2D eigenvalue weighted by molar-refractivity contribution is 0.107. The molecule has 0 aliphatic rings. The van der Waals surface area contributed by atoms with Crippen molar-refractivity contribution in [3.05, 3.63) is 41.4 Å². The summed E-state index contributed by atoms with van der Waals surface area (Å²) in [7, 11) is 0. The summed E-state index contributed by atoms with van der Waals surface area (Å²) in [5, 5.41) is 13.3. The fourth-order valence-electron chi connectivity index (χ4n) is 1.31. The highest BCUT2D eigenvalue weighted by molar-refractivity contribution is 6.31. The first-order valence-electron chi connectivity index (χ1n) is 5.52. The molecule has 4 heteroatoms. The van der Waals surface area contributed by atoms with E-state index in [0.29, 0.717) is 18.1 Å². The molecule has 1 unspecified atom stereocenters. The van der Waals surface area contributed by atoms with Gasteiger partial charge in [-0.05, 0) is 30.7 Å². The van der Waals surface area contributed by atoms with Crippen LogP contribution in [0.5, 0.6) is 5.75 Å². The lowest BCUT2D eigenvalue weighted by Gasteiger charge is -2.13. The zero-order chi connectivity index (χ0) is 12.7. The van der Waals surface area contributed by atoms with E-state index < -0.39 is 6.10 Å². The molecule has 0 saturated heterocycles. The maximum absolute atomic E-state index is 9.61. The molecule has 0 bridgehead atoms. The van der Waals surface area contributed by atoms with Gasteiger partial charge in [-0.25, -0.2) is 0 Å². The molecule has 1 atom stereocenters. The molecule has 0 aliphatic heterocycles. The monoisotopic (exact) mass is 255 g/mol. The molecule has 0 fully saturated rings. The van der Waals surface area contributed by atoms with Gasteiger partial charge in [0.2, 0.25) is 0 Å². The molecule has 1 aromatic rings. The first kappa shape index (κ1) is 14.0. The summed E-state index contributed by atoms with van der Waals surface area (Å²) < 4.78 is 5.46. The zero-order valence-corrected chi connectivity index (χ0v) is 10.7. The van der Waals surface area contributed by atoms with Crippen molar-refractivity contribution < 1.29 is 9.84 Å². The van der Waals surface area contributed by atoms with E-state index in [4.69, 9.17) is 16.3 Å². The predicted molar refractivity (Wildman–Crippen MR) is 70.8 cm³/mol. The number of hydrogen-bond donors (Lipinski definition) is 2. The van der Waals surface area contributed by atoms with E-state index in [1.807, 2.05) is 13.0 Å². The minimum Gasteiger partial charge on any atom is -0.491 e. The van der Waals surface area contributed by atoms with Crippen LogP contribution >= 0.6 is 11.6 Å². The summed E-state index contributed by atoms with van der Waals surface area (Å²) in [6.45, 7) is 6.91. The first-order chi connectivity index (χ1) is 8.13. The van der Waals surface area contributed by atoms with Gasteiger partial charge in [0, 0.05) is 18.1 Å². The van der Waals surface area contributed by atoms with Gasteiger partial charge in [-0.1, -0.05) is 17.7 Å². The molecular weight excluding hydrogens is 238 g/mol. The van der Waals surface area contributed by atoms with Crippen LogP contribution in [0.25, 0.3) is 0 Å². The molecule has 3 nitrogen and oxygen atoms in total. The van der Waals surface area contributed by atoms with Crippen molar-refractivity contribution in [3.8, 4) is 5.75 Å². The van der Waals surface area contributed by atoms with Crippen molar-refractivity contribution in [1.82, 2.24) is 5.32 Å². The largest absolute Gasteiger partial charge is 0.491 e. The Morgan fingerprint density at radius 2 is 2.35 bits per heavy atom. The molecule has 1 aromatic carbocycles. The van der Waals surface area contributed by atoms with Gasteiger partial charge in [0.05, 0.1) is 0 Å². The van der Waals surface area contributed by atoms with Gasteiger partial charge >= 0.3 is 0 Å². The smallest absolute Gasteiger partial charge is 0.119 e. The molecular formula is C13H18ClNO2. The predicted octanol–water partition coefficient (Wildman–Crippen LogP) is 2.16. The van der Waals surface area contributed by atoms with E-state index in [0.717, 1.165) is 11.3 Å². The van der Waals surface area contributed by atoms with E-state index in [9.17, 15) is 5.11 Å². The molecule has 0 aliphatic carbocycles. The number of aliphatic hydroxyl groups excluding tert-OH is 1. The number of halogens is 1. The van der Waals surface area contributed by atoms with E-state index in [1.54, 1.807) is 18.2 Å². The Morgan fingerprint density at radius 3 is 3.00 bits per heavy atom. The van der Waals surface area contributed by atoms with Crippen molar-refractivity contribution in [3.63, 3.8) is 0 Å². The minimum atomic E-state index is -0.536. The van der Waals surface area contributed by atoms with Crippen LogP contribution in [0.1, 0.15) is 5.56 Å². The van der Waals surface area contributed by atoms with Crippen LogP contribution < -0.4 is 10.1 Å². The summed E-state index contributed by atoms with van der Waals surface area (Å²) in [6.07, 6.45) is 1.21. The Hall–Kier alpha value is -1.03. The average Bonchev–Trinajstić information content (AvgIpc) is 2.31. The fraction of sp³-hybridized carbons (Fsp3) is 0.385. The quantitative estimate of drug-likeness (QED) is 0.580. The highest BCUT2D eigenvalue weighted by atomic mass is 35.5. The maximum Gasteiger partial charge on any atom is 0.119 e. The second-order valence-electron chi connectivity index (χ2n) is 3.82. The molecule has 0 saturated carbocycles. The Labute approximate surface area is 107 Å². The zero-order valence-electron chi connectivity index (χ0n) is 9.95. The molecule has 2 N–H and O–H groups in total. The summed E-state index contributed by atoms with van der Waals surface area (Å²) in [4.78, 5) is 0. The van der Waals surface area contributed by atoms with Crippen LogP contribution in [0, 0.1) is 6.92 Å².